The van der Waals surface area contributed by atoms with Crippen LogP contribution in [-0.4, -0.2) is 44.3 Å². The lowest BCUT2D eigenvalue weighted by Crippen LogP contribution is -2.92. The van der Waals surface area contributed by atoms with E-state index in [-0.39, 0.29) is 0 Å². The molecule has 0 bridgehead atoms. The number of hydrogen-bond donors (Lipinski definition) is 1. The molecule has 0 aliphatic carbocycles. The van der Waals surface area contributed by atoms with Crippen molar-refractivity contribution in [3.63, 3.8) is 0 Å². The zero-order valence-electron chi connectivity index (χ0n) is 20.2. The van der Waals surface area contributed by atoms with Crippen LogP contribution in [-0.2, 0) is 19.0 Å². The molecule has 0 aliphatic heterocycles. The van der Waals surface area contributed by atoms with Gasteiger partial charge >= 0.3 is 0 Å². The van der Waals surface area contributed by atoms with Crippen molar-refractivity contribution in [1.82, 2.24) is 0 Å². The van der Waals surface area contributed by atoms with Crippen LogP contribution in [0, 0.1) is 0 Å². The third-order valence-electron chi connectivity index (χ3n) is 5.30. The molecule has 0 aromatic heterocycles. The zero-order valence-corrected chi connectivity index (χ0v) is 20.2. The second kappa shape index (κ2) is 20.2. The van der Waals surface area contributed by atoms with Crippen molar-refractivity contribution >= 4 is 5.97 Å². The fourth-order valence-electron chi connectivity index (χ4n) is 3.22. The van der Waals surface area contributed by atoms with Crippen molar-refractivity contribution in [2.75, 3.05) is 26.4 Å². The van der Waals surface area contributed by atoms with Crippen LogP contribution in [0.2, 0.25) is 0 Å². The third kappa shape index (κ3) is 16.1. The maximum Gasteiger partial charge on any atom is 0.288 e. The fourth-order valence-corrected chi connectivity index (χ4v) is 3.22. The first-order valence-electron chi connectivity index (χ1n) is 12.5. The molecule has 180 valence electrons. The summed E-state index contributed by atoms with van der Waals surface area (Å²) in [5.41, 5.74) is 0. The van der Waals surface area contributed by atoms with E-state index in [0.717, 1.165) is 38.5 Å². The van der Waals surface area contributed by atoms with Gasteiger partial charge in [-0.15, -0.1) is 0 Å². The quantitative estimate of drug-likeness (QED) is 0.198. The summed E-state index contributed by atoms with van der Waals surface area (Å²) in [6.45, 7) is 10.6. The molecule has 30 heavy (non-hydrogen) atoms. The van der Waals surface area contributed by atoms with E-state index in [1.807, 2.05) is 0 Å². The molecule has 6 nitrogen and oxygen atoms in total. The summed E-state index contributed by atoms with van der Waals surface area (Å²) in [6.07, 6.45) is 14.0. The Morgan fingerprint density at radius 2 is 1.17 bits per heavy atom. The molecular weight excluding hydrogens is 382 g/mol. The standard InChI is InChI=1S/C24H49NO5/c1-5-8-11-14-19-28-24(29-20-15-12-9-6-2,30-21-16-13-10-7-3)17-18-25-22(4)23(26)27/h22,25H,5-21H2,1-4H3,(H,26,27). The number of carbonyl (C=O) groups excluding carboxylic acids is 1. The molecule has 0 heterocycles. The lowest BCUT2D eigenvalue weighted by atomic mass is 10.2. The summed E-state index contributed by atoms with van der Waals surface area (Å²) >= 11 is 0. The Labute approximate surface area is 185 Å². The molecule has 0 spiro atoms. The van der Waals surface area contributed by atoms with Crippen molar-refractivity contribution in [2.24, 2.45) is 0 Å². The maximum atomic E-state index is 11.0. The molecule has 2 N–H and O–H groups in total. The van der Waals surface area contributed by atoms with Crippen LogP contribution in [0.25, 0.3) is 0 Å². The normalized spacial score (nSPS) is 12.9. The summed E-state index contributed by atoms with van der Waals surface area (Å²) in [5, 5.41) is 12.8. The zero-order chi connectivity index (χ0) is 22.5. The number of carboxylic acid groups (broad SMARTS) is 1. The molecule has 0 aromatic carbocycles. The highest BCUT2D eigenvalue weighted by Gasteiger charge is 2.34. The van der Waals surface area contributed by atoms with Gasteiger partial charge in [-0.25, -0.2) is 0 Å². The Morgan fingerprint density at radius 1 is 0.767 bits per heavy atom. The van der Waals surface area contributed by atoms with Gasteiger partial charge in [0.05, 0.1) is 38.8 Å². The van der Waals surface area contributed by atoms with E-state index in [4.69, 9.17) is 14.2 Å². The molecule has 0 aliphatic rings. The van der Waals surface area contributed by atoms with Gasteiger partial charge in [-0.2, -0.15) is 0 Å². The smallest absolute Gasteiger partial charge is 0.288 e. The summed E-state index contributed by atoms with van der Waals surface area (Å²) in [4.78, 5) is 11.0. The lowest BCUT2D eigenvalue weighted by Gasteiger charge is -2.33. The van der Waals surface area contributed by atoms with E-state index in [1.54, 1.807) is 12.2 Å². The largest absolute Gasteiger partial charge is 0.544 e. The second-order valence-electron chi connectivity index (χ2n) is 8.29. The number of quaternary nitrogens is 1. The van der Waals surface area contributed by atoms with Crippen LogP contribution in [0.5, 0.6) is 0 Å². The molecule has 1 unspecified atom stereocenters. The van der Waals surface area contributed by atoms with Crippen molar-refractivity contribution in [2.45, 2.75) is 123 Å². The van der Waals surface area contributed by atoms with Crippen molar-refractivity contribution in [3.8, 4) is 0 Å². The van der Waals surface area contributed by atoms with Crippen molar-refractivity contribution in [3.05, 3.63) is 0 Å². The average molecular weight is 432 g/mol. The second-order valence-corrected chi connectivity index (χ2v) is 8.29. The Hall–Kier alpha value is -0.690. The molecule has 6 heteroatoms. The Bertz CT molecular complexity index is 356. The number of hydrogen-bond acceptors (Lipinski definition) is 5. The Morgan fingerprint density at radius 3 is 1.50 bits per heavy atom. The predicted octanol–water partition coefficient (Wildman–Crippen LogP) is 3.52. The lowest BCUT2D eigenvalue weighted by molar-refractivity contribution is -0.685. The molecule has 0 saturated carbocycles. The number of rotatable bonds is 23. The SMILES string of the molecule is CCCCCCOC(CC[NH2+]C(C)C(=O)[O-])(OCCCCCC)OCCCCCC. The number of ether oxygens (including phenoxy) is 3. The van der Waals surface area contributed by atoms with Gasteiger partial charge in [0.1, 0.15) is 6.04 Å². The first-order valence-corrected chi connectivity index (χ1v) is 12.5. The number of unbranched alkanes of at least 4 members (excludes halogenated alkanes) is 9. The minimum absolute atomic E-state index is 0.500. The van der Waals surface area contributed by atoms with Crippen LogP contribution in [0.15, 0.2) is 0 Å². The molecular formula is C24H49NO5. The monoisotopic (exact) mass is 431 g/mol. The van der Waals surface area contributed by atoms with Crippen molar-refractivity contribution in [1.29, 1.82) is 0 Å². The summed E-state index contributed by atoms with van der Waals surface area (Å²) in [7, 11) is 0. The highest BCUT2D eigenvalue weighted by Crippen LogP contribution is 2.22. The first kappa shape index (κ1) is 29.3. The van der Waals surface area contributed by atoms with Gasteiger partial charge in [0.2, 0.25) is 0 Å². The molecule has 1 atom stereocenters. The first-order chi connectivity index (χ1) is 14.5. The molecule has 0 saturated heterocycles. The number of carbonyl (C=O) groups is 1. The van der Waals surface area contributed by atoms with Gasteiger partial charge in [0.25, 0.3) is 5.97 Å². The van der Waals surface area contributed by atoms with Crippen LogP contribution >= 0.6 is 0 Å². The highest BCUT2D eigenvalue weighted by molar-refractivity contribution is 5.68. The third-order valence-corrected chi connectivity index (χ3v) is 5.30. The van der Waals surface area contributed by atoms with Gasteiger partial charge in [-0.05, 0) is 26.2 Å². The van der Waals surface area contributed by atoms with Crippen LogP contribution in [0.3, 0.4) is 0 Å². The van der Waals surface area contributed by atoms with E-state index < -0.39 is 18.0 Å². The van der Waals surface area contributed by atoms with Crippen LogP contribution < -0.4 is 10.4 Å². The predicted molar refractivity (Wildman–Crippen MR) is 119 cm³/mol. The molecule has 0 aromatic rings. The number of aliphatic carboxylic acids is 1. The van der Waals surface area contributed by atoms with E-state index >= 15 is 0 Å². The minimum Gasteiger partial charge on any atom is -0.544 e. The van der Waals surface area contributed by atoms with E-state index in [1.165, 1.54) is 38.5 Å². The van der Waals surface area contributed by atoms with E-state index in [2.05, 4.69) is 20.8 Å². The molecule has 0 radical (unpaired) electrons. The van der Waals surface area contributed by atoms with Gasteiger partial charge in [0, 0.05) is 0 Å². The molecule has 0 amide bonds. The maximum absolute atomic E-state index is 11.0. The minimum atomic E-state index is -1.08. The molecule has 0 fully saturated rings. The topological polar surface area (TPSA) is 84.4 Å². The average Bonchev–Trinajstić information content (AvgIpc) is 2.73. The van der Waals surface area contributed by atoms with Crippen LogP contribution in [0.4, 0.5) is 0 Å². The number of carboxylic acids is 1. The fraction of sp³-hybridized carbons (Fsp3) is 0.958. The Balaban J connectivity index is 4.87. The van der Waals surface area contributed by atoms with Crippen molar-refractivity contribution < 1.29 is 29.4 Å². The molecule has 0 rings (SSSR count). The summed E-state index contributed by atoms with van der Waals surface area (Å²) in [5.74, 6) is -2.13. The van der Waals surface area contributed by atoms with Gasteiger partial charge < -0.3 is 29.4 Å². The van der Waals surface area contributed by atoms with E-state index in [9.17, 15) is 9.90 Å². The number of nitrogens with two attached hydrogens (primary N) is 1. The highest BCUT2D eigenvalue weighted by atomic mass is 16.9. The Kier molecular flexibility index (Phi) is 19.8. The summed E-state index contributed by atoms with van der Waals surface area (Å²) in [6, 6.07) is -0.596. The van der Waals surface area contributed by atoms with Gasteiger partial charge in [-0.1, -0.05) is 78.6 Å². The van der Waals surface area contributed by atoms with Crippen LogP contribution in [0.1, 0.15) is 111 Å². The summed E-state index contributed by atoms with van der Waals surface area (Å²) < 4.78 is 18.6. The van der Waals surface area contributed by atoms with Gasteiger partial charge in [0.15, 0.2) is 0 Å². The van der Waals surface area contributed by atoms with Gasteiger partial charge in [-0.3, -0.25) is 0 Å². The van der Waals surface area contributed by atoms with E-state index in [0.29, 0.717) is 32.8 Å².